The van der Waals surface area contributed by atoms with E-state index in [0.29, 0.717) is 0 Å². The first kappa shape index (κ1) is 9.97. The molecule has 0 fully saturated rings. The molecule has 1 aliphatic carbocycles. The summed E-state index contributed by atoms with van der Waals surface area (Å²) < 4.78 is 0. The maximum absolute atomic E-state index is 4.24. The van der Waals surface area contributed by atoms with Crippen LogP contribution in [-0.4, -0.2) is 12.8 Å². The van der Waals surface area contributed by atoms with Gasteiger partial charge in [-0.05, 0) is 18.6 Å². The first-order valence-corrected chi connectivity index (χ1v) is 4.61. The zero-order valence-corrected chi connectivity index (χ0v) is 8.83. The van der Waals surface area contributed by atoms with Gasteiger partial charge in [0.15, 0.2) is 0 Å². The second-order valence-electron chi connectivity index (χ2n) is 3.84. The Balaban J connectivity index is 3.13. The second kappa shape index (κ2) is 3.73. The van der Waals surface area contributed by atoms with Crippen molar-refractivity contribution in [3.8, 4) is 0 Å². The smallest absolute Gasteiger partial charge is 0.0636 e. The molecule has 0 saturated carbocycles. The van der Waals surface area contributed by atoms with Crippen LogP contribution in [0.15, 0.2) is 40.9 Å². The molecular weight excluding hydrogens is 158 g/mol. The SMILES string of the molecule is C/C=C1/C=CC(C)(C)C=C/C1=N/C. The predicted molar refractivity (Wildman–Crippen MR) is 59.2 cm³/mol. The molecule has 1 rings (SSSR count). The molecule has 0 aromatic carbocycles. The van der Waals surface area contributed by atoms with Gasteiger partial charge < -0.3 is 0 Å². The first-order valence-electron chi connectivity index (χ1n) is 4.61. The Morgan fingerprint density at radius 3 is 2.38 bits per heavy atom. The van der Waals surface area contributed by atoms with Crippen molar-refractivity contribution in [2.24, 2.45) is 10.4 Å². The number of hydrogen-bond donors (Lipinski definition) is 0. The van der Waals surface area contributed by atoms with Crippen molar-refractivity contribution >= 4 is 5.71 Å². The molecule has 1 aliphatic rings. The van der Waals surface area contributed by atoms with Crippen LogP contribution in [0.4, 0.5) is 0 Å². The molecule has 0 atom stereocenters. The van der Waals surface area contributed by atoms with Crippen LogP contribution in [-0.2, 0) is 0 Å². The quantitative estimate of drug-likeness (QED) is 0.536. The number of nitrogens with zero attached hydrogens (tertiary/aromatic N) is 1. The molecule has 0 aliphatic heterocycles. The summed E-state index contributed by atoms with van der Waals surface area (Å²) in [6, 6.07) is 0. The standard InChI is InChI=1S/C12H17N/c1-5-10-6-8-12(2,3)9-7-11(10)13-4/h5-9H,1-4H3/b10-5-,13-11-. The molecule has 1 nitrogen and oxygen atoms in total. The largest absolute Gasteiger partial charge is 0.288 e. The molecule has 0 amide bonds. The van der Waals surface area contributed by atoms with Crippen LogP contribution < -0.4 is 0 Å². The predicted octanol–water partition coefficient (Wildman–Crippen LogP) is 3.16. The average Bonchev–Trinajstić information content (AvgIpc) is 2.23. The van der Waals surface area contributed by atoms with Gasteiger partial charge in [-0.3, -0.25) is 4.99 Å². The van der Waals surface area contributed by atoms with Gasteiger partial charge >= 0.3 is 0 Å². The lowest BCUT2D eigenvalue weighted by Gasteiger charge is -2.11. The molecule has 0 N–H and O–H groups in total. The van der Waals surface area contributed by atoms with Gasteiger partial charge in [-0.15, -0.1) is 0 Å². The Kier molecular flexibility index (Phi) is 2.86. The summed E-state index contributed by atoms with van der Waals surface area (Å²) in [5.41, 5.74) is 2.40. The fourth-order valence-corrected chi connectivity index (χ4v) is 1.28. The van der Waals surface area contributed by atoms with Crippen molar-refractivity contribution in [2.75, 3.05) is 7.05 Å². The maximum Gasteiger partial charge on any atom is 0.0636 e. The Labute approximate surface area is 80.6 Å². The third kappa shape index (κ3) is 2.41. The topological polar surface area (TPSA) is 12.4 Å². The number of allylic oxidation sites excluding steroid dienone is 6. The Morgan fingerprint density at radius 1 is 1.23 bits per heavy atom. The molecule has 1 heteroatoms. The van der Waals surface area contributed by atoms with Gasteiger partial charge in [-0.2, -0.15) is 0 Å². The maximum atomic E-state index is 4.24. The Hall–Kier alpha value is -1.11. The minimum absolute atomic E-state index is 0.140. The third-order valence-electron chi connectivity index (χ3n) is 2.21. The van der Waals surface area contributed by atoms with Crippen molar-refractivity contribution in [1.29, 1.82) is 0 Å². The van der Waals surface area contributed by atoms with Crippen LogP contribution >= 0.6 is 0 Å². The molecule has 0 bridgehead atoms. The van der Waals surface area contributed by atoms with E-state index in [2.05, 4.69) is 49.2 Å². The minimum Gasteiger partial charge on any atom is -0.288 e. The van der Waals surface area contributed by atoms with Gasteiger partial charge in [0.25, 0.3) is 0 Å². The van der Waals surface area contributed by atoms with Crippen molar-refractivity contribution in [1.82, 2.24) is 0 Å². The van der Waals surface area contributed by atoms with E-state index in [1.54, 1.807) is 0 Å². The molecule has 0 radical (unpaired) electrons. The molecule has 0 unspecified atom stereocenters. The van der Waals surface area contributed by atoms with Crippen molar-refractivity contribution in [3.05, 3.63) is 36.0 Å². The van der Waals surface area contributed by atoms with E-state index in [9.17, 15) is 0 Å². The highest BCUT2D eigenvalue weighted by molar-refractivity contribution is 6.10. The van der Waals surface area contributed by atoms with Gasteiger partial charge in [-0.1, -0.05) is 38.2 Å². The molecule has 0 spiro atoms. The normalized spacial score (nSPS) is 26.8. The summed E-state index contributed by atoms with van der Waals surface area (Å²) in [5.74, 6) is 0. The fourth-order valence-electron chi connectivity index (χ4n) is 1.28. The van der Waals surface area contributed by atoms with Crippen LogP contribution in [0.25, 0.3) is 0 Å². The fraction of sp³-hybridized carbons (Fsp3) is 0.417. The average molecular weight is 175 g/mol. The zero-order valence-electron chi connectivity index (χ0n) is 8.83. The summed E-state index contributed by atoms with van der Waals surface area (Å²) in [7, 11) is 1.83. The highest BCUT2D eigenvalue weighted by atomic mass is 14.7. The summed E-state index contributed by atoms with van der Waals surface area (Å²) in [6.45, 7) is 6.41. The summed E-state index contributed by atoms with van der Waals surface area (Å²) >= 11 is 0. The number of aliphatic imine (C=N–C) groups is 1. The van der Waals surface area contributed by atoms with Gasteiger partial charge in [0, 0.05) is 12.5 Å². The van der Waals surface area contributed by atoms with Crippen molar-refractivity contribution in [2.45, 2.75) is 20.8 Å². The lowest BCUT2D eigenvalue weighted by Crippen LogP contribution is -2.00. The van der Waals surface area contributed by atoms with E-state index in [4.69, 9.17) is 0 Å². The van der Waals surface area contributed by atoms with Crippen molar-refractivity contribution in [3.63, 3.8) is 0 Å². The van der Waals surface area contributed by atoms with E-state index < -0.39 is 0 Å². The highest BCUT2D eigenvalue weighted by Crippen LogP contribution is 2.23. The van der Waals surface area contributed by atoms with Gasteiger partial charge in [0.2, 0.25) is 0 Å². The summed E-state index contributed by atoms with van der Waals surface area (Å²) in [6.07, 6.45) is 10.7. The number of rotatable bonds is 0. The molecule has 0 heterocycles. The van der Waals surface area contributed by atoms with Crippen LogP contribution in [0.5, 0.6) is 0 Å². The molecular formula is C12H17N. The van der Waals surface area contributed by atoms with Crippen molar-refractivity contribution < 1.29 is 0 Å². The van der Waals surface area contributed by atoms with Gasteiger partial charge in [0.05, 0.1) is 5.71 Å². The Morgan fingerprint density at radius 2 is 1.85 bits per heavy atom. The van der Waals surface area contributed by atoms with E-state index in [1.165, 1.54) is 5.57 Å². The summed E-state index contributed by atoms with van der Waals surface area (Å²) in [5, 5.41) is 0. The lowest BCUT2D eigenvalue weighted by molar-refractivity contribution is 0.627. The number of hydrogen-bond acceptors (Lipinski definition) is 1. The summed E-state index contributed by atoms with van der Waals surface area (Å²) in [4.78, 5) is 4.24. The molecule has 0 aromatic rings. The van der Waals surface area contributed by atoms with Crippen LogP contribution in [0.2, 0.25) is 0 Å². The Bertz CT molecular complexity index is 271. The zero-order chi connectivity index (χ0) is 9.90. The van der Waals surface area contributed by atoms with E-state index in [0.717, 1.165) is 5.71 Å². The lowest BCUT2D eigenvalue weighted by atomic mass is 9.93. The van der Waals surface area contributed by atoms with Crippen LogP contribution in [0.3, 0.4) is 0 Å². The first-order chi connectivity index (χ1) is 6.09. The second-order valence-corrected chi connectivity index (χ2v) is 3.84. The molecule has 0 saturated heterocycles. The van der Waals surface area contributed by atoms with Crippen LogP contribution in [0.1, 0.15) is 20.8 Å². The van der Waals surface area contributed by atoms with Gasteiger partial charge in [0.1, 0.15) is 0 Å². The minimum atomic E-state index is 0.140. The van der Waals surface area contributed by atoms with E-state index in [1.807, 2.05) is 14.0 Å². The molecule has 70 valence electrons. The van der Waals surface area contributed by atoms with E-state index in [-0.39, 0.29) is 5.41 Å². The van der Waals surface area contributed by atoms with Gasteiger partial charge in [-0.25, -0.2) is 0 Å². The molecule has 0 aromatic heterocycles. The highest BCUT2D eigenvalue weighted by Gasteiger charge is 2.13. The van der Waals surface area contributed by atoms with E-state index >= 15 is 0 Å². The monoisotopic (exact) mass is 175 g/mol. The molecule has 13 heavy (non-hydrogen) atoms. The van der Waals surface area contributed by atoms with Crippen LogP contribution in [0, 0.1) is 5.41 Å². The third-order valence-corrected chi connectivity index (χ3v) is 2.21.